The zero-order chi connectivity index (χ0) is 12.0. The molecular formula is C14H28. The van der Waals surface area contributed by atoms with Gasteiger partial charge < -0.3 is 0 Å². The molecule has 0 aliphatic carbocycles. The Kier molecular flexibility index (Phi) is 24.4. The molecule has 14 heavy (non-hydrogen) atoms. The lowest BCUT2D eigenvalue weighted by Gasteiger charge is -1.79. The van der Waals surface area contributed by atoms with Crippen LogP contribution in [0, 0.1) is 0 Å². The zero-order valence-corrected chi connectivity index (χ0v) is 11.1. The molecule has 0 heterocycles. The first-order valence-corrected chi connectivity index (χ1v) is 5.27. The average Bonchev–Trinajstić information content (AvgIpc) is 2.19. The van der Waals surface area contributed by atoms with Crippen LogP contribution >= 0.6 is 0 Å². The maximum absolute atomic E-state index is 3.67. The second-order valence-corrected chi connectivity index (χ2v) is 3.34. The zero-order valence-electron chi connectivity index (χ0n) is 11.1. The lowest BCUT2D eigenvalue weighted by atomic mass is 10.3. The summed E-state index contributed by atoms with van der Waals surface area (Å²) < 4.78 is 0. The van der Waals surface area contributed by atoms with E-state index < -0.39 is 0 Å². The Balaban J connectivity index is -0.000000131. The molecule has 0 fully saturated rings. The van der Waals surface area contributed by atoms with Crippen LogP contribution in [-0.4, -0.2) is 0 Å². The van der Waals surface area contributed by atoms with Gasteiger partial charge in [0.15, 0.2) is 0 Å². The Labute approximate surface area is 91.4 Å². The fourth-order valence-corrected chi connectivity index (χ4v) is 0. The first-order chi connectivity index (χ1) is 6.45. The third kappa shape index (κ3) is 65.8. The number of rotatable bonds is 1. The molecule has 0 saturated carbocycles. The van der Waals surface area contributed by atoms with Crippen molar-refractivity contribution in [2.24, 2.45) is 0 Å². The van der Waals surface area contributed by atoms with Gasteiger partial charge in [-0.3, -0.25) is 0 Å². The molecule has 0 nitrogen and oxygen atoms in total. The van der Waals surface area contributed by atoms with E-state index in [0.29, 0.717) is 0 Å². The molecule has 0 bridgehead atoms. The van der Waals surface area contributed by atoms with Crippen LogP contribution in [0.1, 0.15) is 54.9 Å². The minimum absolute atomic E-state index is 1.11. The molecule has 84 valence electrons. The van der Waals surface area contributed by atoms with E-state index >= 15 is 0 Å². The maximum Gasteiger partial charge on any atom is -0.0354 e. The Hall–Kier alpha value is -0.780. The van der Waals surface area contributed by atoms with E-state index in [1.165, 1.54) is 11.1 Å². The Morgan fingerprint density at radius 1 is 1.00 bits per heavy atom. The highest BCUT2D eigenvalue weighted by Crippen LogP contribution is 1.88. The first kappa shape index (κ1) is 18.9. The molecule has 0 aromatic carbocycles. The third-order valence-electron chi connectivity index (χ3n) is 1.51. The number of hydrogen-bond donors (Lipinski definition) is 0. The SMILES string of the molecule is C/C=C\C.C=C(C)CC.CC=C(C)C. The van der Waals surface area contributed by atoms with Crippen LogP contribution in [-0.2, 0) is 0 Å². The molecule has 0 radical (unpaired) electrons. The number of allylic oxidation sites excluding steroid dienone is 5. The second-order valence-electron chi connectivity index (χ2n) is 3.34. The van der Waals surface area contributed by atoms with Gasteiger partial charge in [0.05, 0.1) is 0 Å². The van der Waals surface area contributed by atoms with E-state index in [9.17, 15) is 0 Å². The van der Waals surface area contributed by atoms with Crippen molar-refractivity contribution in [3.05, 3.63) is 36.0 Å². The summed E-state index contributed by atoms with van der Waals surface area (Å²) in [5.74, 6) is 0. The molecule has 0 spiro atoms. The predicted molar refractivity (Wildman–Crippen MR) is 70.7 cm³/mol. The van der Waals surface area contributed by atoms with Gasteiger partial charge in [-0.2, -0.15) is 0 Å². The standard InChI is InChI=1S/2C5H10.C4H8/c2*1-4-5(2)3;1-3-4-2/h4H,1-3H3;2,4H2,1,3H3;3-4H,1-2H3/b;;4-3-. The molecule has 0 heteroatoms. The Bertz CT molecular complexity index is 151. The van der Waals surface area contributed by atoms with Gasteiger partial charge in [-0.1, -0.05) is 36.3 Å². The monoisotopic (exact) mass is 196 g/mol. The highest BCUT2D eigenvalue weighted by Gasteiger charge is 1.67. The normalized spacial score (nSPS) is 7.93. The molecule has 0 N–H and O–H groups in total. The summed E-state index contributed by atoms with van der Waals surface area (Å²) >= 11 is 0. The summed E-state index contributed by atoms with van der Waals surface area (Å²) in [5, 5.41) is 0. The lowest BCUT2D eigenvalue weighted by Crippen LogP contribution is -1.58. The minimum Gasteiger partial charge on any atom is -0.100 e. The molecule has 0 saturated heterocycles. The molecular weight excluding hydrogens is 168 g/mol. The quantitative estimate of drug-likeness (QED) is 0.484. The van der Waals surface area contributed by atoms with Gasteiger partial charge in [0.1, 0.15) is 0 Å². The molecule has 0 unspecified atom stereocenters. The van der Waals surface area contributed by atoms with Crippen LogP contribution in [0.4, 0.5) is 0 Å². The molecule has 0 aromatic heterocycles. The highest BCUT2D eigenvalue weighted by atomic mass is 13.7. The van der Waals surface area contributed by atoms with E-state index in [4.69, 9.17) is 0 Å². The topological polar surface area (TPSA) is 0 Å². The van der Waals surface area contributed by atoms with Crippen molar-refractivity contribution in [3.63, 3.8) is 0 Å². The third-order valence-corrected chi connectivity index (χ3v) is 1.51. The number of hydrogen-bond acceptors (Lipinski definition) is 0. The fraction of sp³-hybridized carbons (Fsp3) is 0.571. The second kappa shape index (κ2) is 18.1. The van der Waals surface area contributed by atoms with E-state index in [2.05, 4.69) is 33.4 Å². The Morgan fingerprint density at radius 3 is 1.21 bits per heavy atom. The Morgan fingerprint density at radius 2 is 1.21 bits per heavy atom. The van der Waals surface area contributed by atoms with E-state index in [0.717, 1.165) is 6.42 Å². The summed E-state index contributed by atoms with van der Waals surface area (Å²) in [5.41, 5.74) is 2.63. The van der Waals surface area contributed by atoms with E-state index in [1.807, 2.05) is 39.8 Å². The summed E-state index contributed by atoms with van der Waals surface area (Å²) in [7, 11) is 0. The van der Waals surface area contributed by atoms with Crippen molar-refractivity contribution in [1.29, 1.82) is 0 Å². The summed E-state index contributed by atoms with van der Waals surface area (Å²) in [6.45, 7) is 18.0. The fourth-order valence-electron chi connectivity index (χ4n) is 0. The van der Waals surface area contributed by atoms with Crippen LogP contribution in [0.3, 0.4) is 0 Å². The summed E-state index contributed by atoms with van der Waals surface area (Å²) in [4.78, 5) is 0. The van der Waals surface area contributed by atoms with Crippen molar-refractivity contribution < 1.29 is 0 Å². The van der Waals surface area contributed by atoms with Crippen LogP contribution < -0.4 is 0 Å². The molecule has 0 atom stereocenters. The average molecular weight is 196 g/mol. The van der Waals surface area contributed by atoms with Crippen molar-refractivity contribution in [2.75, 3.05) is 0 Å². The molecule has 0 rings (SSSR count). The van der Waals surface area contributed by atoms with E-state index in [1.54, 1.807) is 0 Å². The van der Waals surface area contributed by atoms with Gasteiger partial charge in [0.2, 0.25) is 0 Å². The van der Waals surface area contributed by atoms with Crippen molar-refractivity contribution in [2.45, 2.75) is 54.9 Å². The van der Waals surface area contributed by atoms with Gasteiger partial charge in [-0.25, -0.2) is 0 Å². The van der Waals surface area contributed by atoms with Crippen LogP contribution in [0.5, 0.6) is 0 Å². The van der Waals surface area contributed by atoms with Gasteiger partial charge in [0.25, 0.3) is 0 Å². The van der Waals surface area contributed by atoms with Crippen LogP contribution in [0.15, 0.2) is 36.0 Å². The van der Waals surface area contributed by atoms with Crippen LogP contribution in [0.25, 0.3) is 0 Å². The predicted octanol–water partition coefficient (Wildman–Crippen LogP) is 5.53. The molecule has 0 aromatic rings. The van der Waals surface area contributed by atoms with Gasteiger partial charge >= 0.3 is 0 Å². The van der Waals surface area contributed by atoms with Gasteiger partial charge in [-0.15, -0.1) is 6.58 Å². The van der Waals surface area contributed by atoms with Crippen molar-refractivity contribution >= 4 is 0 Å². The van der Waals surface area contributed by atoms with E-state index in [-0.39, 0.29) is 0 Å². The van der Waals surface area contributed by atoms with Gasteiger partial charge in [-0.05, 0) is 48.0 Å². The van der Waals surface area contributed by atoms with Gasteiger partial charge in [0, 0.05) is 0 Å². The van der Waals surface area contributed by atoms with Crippen molar-refractivity contribution in [1.82, 2.24) is 0 Å². The maximum atomic E-state index is 3.67. The summed E-state index contributed by atoms with van der Waals surface area (Å²) in [6, 6.07) is 0. The van der Waals surface area contributed by atoms with Crippen molar-refractivity contribution in [3.8, 4) is 0 Å². The molecule has 0 amide bonds. The van der Waals surface area contributed by atoms with Crippen LogP contribution in [0.2, 0.25) is 0 Å². The summed E-state index contributed by atoms with van der Waals surface area (Å²) in [6.07, 6.45) is 7.19. The smallest absolute Gasteiger partial charge is 0.0354 e. The highest BCUT2D eigenvalue weighted by molar-refractivity contribution is 4.88. The first-order valence-electron chi connectivity index (χ1n) is 5.27. The lowest BCUT2D eigenvalue weighted by molar-refractivity contribution is 1.11. The largest absolute Gasteiger partial charge is 0.100 e. The molecule has 0 aliphatic rings. The molecule has 0 aliphatic heterocycles. The minimum atomic E-state index is 1.11.